The van der Waals surface area contributed by atoms with Crippen LogP contribution in [0.3, 0.4) is 0 Å². The second-order valence-electron chi connectivity index (χ2n) is 8.21. The molecule has 0 bridgehead atoms. The molecule has 0 aromatic heterocycles. The largest absolute Gasteiger partial charge is 0.353 e. The fraction of sp³-hybridized carbons (Fsp3) is 0.280. The highest BCUT2D eigenvalue weighted by molar-refractivity contribution is 8.18. The minimum Gasteiger partial charge on any atom is -0.353 e. The van der Waals surface area contributed by atoms with E-state index in [1.807, 2.05) is 32.9 Å². The number of carbonyl (C=O) groups excluding carboxylic acids is 4. The van der Waals surface area contributed by atoms with Gasteiger partial charge in [-0.25, -0.2) is 4.39 Å². The van der Waals surface area contributed by atoms with Crippen molar-refractivity contribution in [1.29, 1.82) is 0 Å². The molecule has 1 atom stereocenters. The maximum absolute atomic E-state index is 13.9. The van der Waals surface area contributed by atoms with E-state index in [1.165, 1.54) is 24.3 Å². The van der Waals surface area contributed by atoms with Gasteiger partial charge in [-0.05, 0) is 48.9 Å². The first-order valence-corrected chi connectivity index (χ1v) is 11.6. The van der Waals surface area contributed by atoms with Crippen LogP contribution in [0.1, 0.15) is 35.3 Å². The normalized spacial score (nSPS) is 15.7. The number of benzene rings is 2. The van der Waals surface area contributed by atoms with E-state index in [9.17, 15) is 23.6 Å². The van der Waals surface area contributed by atoms with Gasteiger partial charge < -0.3 is 10.6 Å². The lowest BCUT2D eigenvalue weighted by Gasteiger charge is -2.22. The molecule has 34 heavy (non-hydrogen) atoms. The third-order valence-corrected chi connectivity index (χ3v) is 6.16. The van der Waals surface area contributed by atoms with Crippen molar-refractivity contribution in [1.82, 2.24) is 15.5 Å². The third-order valence-electron chi connectivity index (χ3n) is 5.25. The second kappa shape index (κ2) is 11.1. The maximum atomic E-state index is 13.9. The van der Waals surface area contributed by atoms with Gasteiger partial charge in [0.2, 0.25) is 5.91 Å². The molecule has 0 unspecified atom stereocenters. The van der Waals surface area contributed by atoms with Crippen LogP contribution in [-0.4, -0.2) is 47.0 Å². The number of nitrogens with one attached hydrogen (secondary N) is 2. The summed E-state index contributed by atoms with van der Waals surface area (Å²) in [5.74, 6) is -1.99. The topological polar surface area (TPSA) is 95.6 Å². The number of rotatable bonds is 8. The molecule has 3 rings (SSSR count). The van der Waals surface area contributed by atoms with Gasteiger partial charge in [0.25, 0.3) is 17.1 Å². The summed E-state index contributed by atoms with van der Waals surface area (Å²) in [6.07, 6.45) is 1.34. The quantitative estimate of drug-likeness (QED) is 0.558. The van der Waals surface area contributed by atoms with Crippen molar-refractivity contribution >= 4 is 40.8 Å². The highest BCUT2D eigenvalue weighted by Gasteiger charge is 2.35. The van der Waals surface area contributed by atoms with Crippen molar-refractivity contribution in [3.05, 3.63) is 75.9 Å². The minimum absolute atomic E-state index is 0.0213. The van der Waals surface area contributed by atoms with Gasteiger partial charge in [-0.3, -0.25) is 24.1 Å². The Morgan fingerprint density at radius 3 is 2.41 bits per heavy atom. The molecule has 0 spiro atoms. The SMILES string of the molecule is Cc1ccc(C(=O)N[C@H](C(=O)NCCN2C(=O)S/C(=C\c3ccccc3F)C2=O)C(C)C)cc1. The van der Waals surface area contributed by atoms with Gasteiger partial charge in [0.05, 0.1) is 4.91 Å². The van der Waals surface area contributed by atoms with E-state index in [4.69, 9.17) is 0 Å². The van der Waals surface area contributed by atoms with Crippen LogP contribution in [-0.2, 0) is 9.59 Å². The van der Waals surface area contributed by atoms with Crippen LogP contribution in [0, 0.1) is 18.7 Å². The van der Waals surface area contributed by atoms with Gasteiger partial charge in [-0.2, -0.15) is 0 Å². The lowest BCUT2D eigenvalue weighted by atomic mass is 10.0. The van der Waals surface area contributed by atoms with Gasteiger partial charge in [-0.1, -0.05) is 49.7 Å². The van der Waals surface area contributed by atoms with Crippen molar-refractivity contribution in [3.63, 3.8) is 0 Å². The number of thioether (sulfide) groups is 1. The van der Waals surface area contributed by atoms with Crippen molar-refractivity contribution in [2.24, 2.45) is 5.92 Å². The molecule has 0 radical (unpaired) electrons. The van der Waals surface area contributed by atoms with Gasteiger partial charge in [-0.15, -0.1) is 0 Å². The Labute approximate surface area is 201 Å². The lowest BCUT2D eigenvalue weighted by Crippen LogP contribution is -2.51. The molecule has 2 aromatic carbocycles. The molecule has 0 aliphatic carbocycles. The van der Waals surface area contributed by atoms with E-state index in [-0.39, 0.29) is 35.4 Å². The number of imide groups is 1. The smallest absolute Gasteiger partial charge is 0.293 e. The van der Waals surface area contributed by atoms with Crippen LogP contribution >= 0.6 is 11.8 Å². The average Bonchev–Trinajstić information content (AvgIpc) is 3.06. The Kier molecular flexibility index (Phi) is 8.22. The van der Waals surface area contributed by atoms with Crippen LogP contribution in [0.2, 0.25) is 0 Å². The van der Waals surface area contributed by atoms with Gasteiger partial charge >= 0.3 is 0 Å². The van der Waals surface area contributed by atoms with Crippen molar-refractivity contribution < 1.29 is 23.6 Å². The zero-order valence-corrected chi connectivity index (χ0v) is 19.9. The summed E-state index contributed by atoms with van der Waals surface area (Å²) in [6, 6.07) is 12.2. The lowest BCUT2D eigenvalue weighted by molar-refractivity contribution is -0.125. The number of amides is 4. The Balaban J connectivity index is 1.57. The summed E-state index contributed by atoms with van der Waals surface area (Å²) in [7, 11) is 0. The van der Waals surface area contributed by atoms with Crippen molar-refractivity contribution in [3.8, 4) is 0 Å². The van der Waals surface area contributed by atoms with E-state index >= 15 is 0 Å². The predicted octanol–water partition coefficient (Wildman–Crippen LogP) is 3.74. The molecule has 178 valence electrons. The fourth-order valence-corrected chi connectivity index (χ4v) is 4.15. The first-order valence-electron chi connectivity index (χ1n) is 10.8. The van der Waals surface area contributed by atoms with Crippen molar-refractivity contribution in [2.75, 3.05) is 13.1 Å². The van der Waals surface area contributed by atoms with Gasteiger partial charge in [0.15, 0.2) is 0 Å². The molecule has 9 heteroatoms. The summed E-state index contributed by atoms with van der Waals surface area (Å²) in [4.78, 5) is 51.2. The van der Waals surface area contributed by atoms with E-state index in [2.05, 4.69) is 10.6 Å². The van der Waals surface area contributed by atoms with Crippen molar-refractivity contribution in [2.45, 2.75) is 26.8 Å². The maximum Gasteiger partial charge on any atom is 0.293 e. The predicted molar refractivity (Wildman–Crippen MR) is 129 cm³/mol. The molecule has 0 saturated carbocycles. The Hall–Kier alpha value is -3.46. The molecule has 7 nitrogen and oxygen atoms in total. The number of nitrogens with zero attached hydrogens (tertiary/aromatic N) is 1. The molecule has 4 amide bonds. The van der Waals surface area contributed by atoms with Gasteiger partial charge in [0.1, 0.15) is 11.9 Å². The van der Waals surface area contributed by atoms with E-state index < -0.39 is 28.9 Å². The Morgan fingerprint density at radius 1 is 1.09 bits per heavy atom. The molecule has 1 fully saturated rings. The number of hydrogen-bond acceptors (Lipinski definition) is 5. The van der Waals surface area contributed by atoms with Crippen LogP contribution in [0.15, 0.2) is 53.4 Å². The highest BCUT2D eigenvalue weighted by atomic mass is 32.2. The van der Waals surface area contributed by atoms with Crippen LogP contribution in [0.25, 0.3) is 6.08 Å². The van der Waals surface area contributed by atoms with E-state index in [1.54, 1.807) is 18.2 Å². The first kappa shape index (κ1) is 25.2. The molecule has 2 N–H and O–H groups in total. The standard InChI is InChI=1S/C25H26FN3O4S/c1-15(2)21(28-22(30)17-10-8-16(3)9-11-17)23(31)27-12-13-29-24(32)20(34-25(29)33)14-18-6-4-5-7-19(18)26/h4-11,14-15,21H,12-13H2,1-3H3,(H,27,31)(H,28,30)/b20-14-/t21-/m0/s1. The van der Waals surface area contributed by atoms with Crippen LogP contribution in [0.5, 0.6) is 0 Å². The van der Waals surface area contributed by atoms with Crippen LogP contribution in [0.4, 0.5) is 9.18 Å². The summed E-state index contributed by atoms with van der Waals surface area (Å²) in [5.41, 5.74) is 1.68. The molecule has 1 saturated heterocycles. The molecular formula is C25H26FN3O4S. The monoisotopic (exact) mass is 483 g/mol. The van der Waals surface area contributed by atoms with E-state index in [0.29, 0.717) is 5.56 Å². The molecule has 1 heterocycles. The summed E-state index contributed by atoms with van der Waals surface area (Å²) in [6.45, 7) is 5.52. The third kappa shape index (κ3) is 6.11. The summed E-state index contributed by atoms with van der Waals surface area (Å²) >= 11 is 0.725. The second-order valence-corrected chi connectivity index (χ2v) is 9.20. The summed E-state index contributed by atoms with van der Waals surface area (Å²) in [5, 5.41) is 4.93. The molecule has 1 aliphatic heterocycles. The Morgan fingerprint density at radius 2 is 1.76 bits per heavy atom. The minimum atomic E-state index is -0.787. The fourth-order valence-electron chi connectivity index (χ4n) is 3.29. The molecule has 1 aliphatic rings. The van der Waals surface area contributed by atoms with E-state index in [0.717, 1.165) is 22.2 Å². The number of carbonyl (C=O) groups is 4. The highest BCUT2D eigenvalue weighted by Crippen LogP contribution is 2.32. The zero-order valence-electron chi connectivity index (χ0n) is 19.1. The average molecular weight is 484 g/mol. The number of halogens is 1. The Bertz CT molecular complexity index is 1130. The zero-order chi connectivity index (χ0) is 24.8. The first-order chi connectivity index (χ1) is 16.2. The number of hydrogen-bond donors (Lipinski definition) is 2. The molecule has 2 aromatic rings. The molecular weight excluding hydrogens is 457 g/mol. The summed E-state index contributed by atoms with van der Waals surface area (Å²) < 4.78 is 13.9. The number of aryl methyl sites for hydroxylation is 1. The van der Waals surface area contributed by atoms with Crippen LogP contribution < -0.4 is 10.6 Å². The van der Waals surface area contributed by atoms with Gasteiger partial charge in [0, 0.05) is 24.2 Å².